The number of amides is 1. The zero-order valence-corrected chi connectivity index (χ0v) is 24.8. The van der Waals surface area contributed by atoms with Gasteiger partial charge in [-0.15, -0.1) is 0 Å². The van der Waals surface area contributed by atoms with E-state index in [1.807, 2.05) is 35.2 Å². The van der Waals surface area contributed by atoms with Crippen LogP contribution in [0.4, 0.5) is 17.1 Å². The number of ether oxygens (including phenoxy) is 2. The summed E-state index contributed by atoms with van der Waals surface area (Å²) in [5, 5.41) is 14.7. The van der Waals surface area contributed by atoms with E-state index >= 15 is 0 Å². The second-order valence-corrected chi connectivity index (χ2v) is 11.0. The van der Waals surface area contributed by atoms with Gasteiger partial charge in [0.2, 0.25) is 5.91 Å². The number of carbonyl (C=O) groups excluding carboxylic acids is 1. The van der Waals surface area contributed by atoms with Crippen LogP contribution in [-0.2, 0) is 11.4 Å². The number of nitro benzene ring substituents is 1. The molecule has 0 aromatic heterocycles. The number of nitrogens with zero attached hydrogens (tertiary/aromatic N) is 4. The Labute approximate surface area is 253 Å². The molecule has 0 bridgehead atoms. The van der Waals surface area contributed by atoms with Gasteiger partial charge in [0.15, 0.2) is 5.75 Å². The van der Waals surface area contributed by atoms with E-state index in [0.717, 1.165) is 62.6 Å². The monoisotopic (exact) mass is 587 g/mol. The van der Waals surface area contributed by atoms with Crippen molar-refractivity contribution in [2.75, 3.05) is 62.6 Å². The lowest BCUT2D eigenvalue weighted by molar-refractivity contribution is -0.385. The van der Waals surface area contributed by atoms with Gasteiger partial charge in [-0.3, -0.25) is 19.8 Å². The highest BCUT2D eigenvalue weighted by Crippen LogP contribution is 2.31. The molecule has 1 amide bonds. The Bertz CT molecular complexity index is 1340. The van der Waals surface area contributed by atoms with Crippen molar-refractivity contribution in [3.63, 3.8) is 0 Å². The third-order valence-corrected chi connectivity index (χ3v) is 8.14. The lowest BCUT2D eigenvalue weighted by Crippen LogP contribution is -2.48. The van der Waals surface area contributed by atoms with Gasteiger partial charge in [0, 0.05) is 81.8 Å². The van der Waals surface area contributed by atoms with E-state index in [1.165, 1.54) is 11.8 Å². The van der Waals surface area contributed by atoms with Crippen molar-refractivity contribution < 1.29 is 19.2 Å². The summed E-state index contributed by atoms with van der Waals surface area (Å²) in [6.45, 7) is 8.66. The number of nitro groups is 1. The molecule has 10 heteroatoms. The maximum atomic E-state index is 13.0. The maximum Gasteiger partial charge on any atom is 0.311 e. The van der Waals surface area contributed by atoms with Crippen molar-refractivity contribution in [3.05, 3.63) is 88.5 Å². The van der Waals surface area contributed by atoms with Crippen LogP contribution >= 0.6 is 0 Å². The molecule has 43 heavy (non-hydrogen) atoms. The molecule has 0 unspecified atom stereocenters. The van der Waals surface area contributed by atoms with E-state index in [-0.39, 0.29) is 23.4 Å². The molecule has 2 fully saturated rings. The van der Waals surface area contributed by atoms with Gasteiger partial charge in [-0.05, 0) is 55.7 Å². The van der Waals surface area contributed by atoms with Crippen LogP contribution in [0.5, 0.6) is 11.5 Å². The molecule has 2 aliphatic rings. The van der Waals surface area contributed by atoms with Gasteiger partial charge in [0.05, 0.1) is 11.5 Å². The second kappa shape index (κ2) is 14.7. The molecule has 5 rings (SSSR count). The fourth-order valence-electron chi connectivity index (χ4n) is 5.67. The van der Waals surface area contributed by atoms with Crippen LogP contribution in [0.15, 0.2) is 72.8 Å². The van der Waals surface area contributed by atoms with Gasteiger partial charge in [-0.2, -0.15) is 0 Å². The lowest BCUT2D eigenvalue weighted by atomic mass is 10.0. The van der Waals surface area contributed by atoms with Crippen molar-refractivity contribution in [2.24, 2.45) is 0 Å². The van der Waals surface area contributed by atoms with Crippen LogP contribution < -0.4 is 19.7 Å². The van der Waals surface area contributed by atoms with Crippen LogP contribution in [0.3, 0.4) is 0 Å². The van der Waals surface area contributed by atoms with Crippen LogP contribution in [0, 0.1) is 10.1 Å². The Morgan fingerprint density at radius 3 is 2.33 bits per heavy atom. The topological polar surface area (TPSA) is 100 Å². The standard InChI is InChI=1S/C33H41N5O5/c1-2-42-32-24-28(8-13-31(32)38(40)41)34-27-14-18-37(19-15-27)33(39)16-17-35-20-22-36(23-21-35)29-9-11-30(12-10-29)43-25-26-6-4-3-5-7-26/h3-13,24,27,34H,2,14-23,25H2,1H3. The molecule has 3 aromatic rings. The quantitative estimate of drug-likeness (QED) is 0.228. The number of likely N-dealkylation sites (tertiary alicyclic amines) is 1. The zero-order valence-electron chi connectivity index (χ0n) is 24.8. The molecule has 2 heterocycles. The van der Waals surface area contributed by atoms with E-state index in [2.05, 4.69) is 39.4 Å². The SMILES string of the molecule is CCOc1cc(NC2CCN(C(=O)CCN3CCN(c4ccc(OCc5ccccc5)cc4)CC3)CC2)ccc1[N+](=O)[O-]. The van der Waals surface area contributed by atoms with Crippen molar-refractivity contribution in [3.8, 4) is 11.5 Å². The minimum Gasteiger partial charge on any atom is -0.489 e. The van der Waals surface area contributed by atoms with Gasteiger partial charge in [0.25, 0.3) is 0 Å². The summed E-state index contributed by atoms with van der Waals surface area (Å²) in [7, 11) is 0. The minimum absolute atomic E-state index is 0.0341. The third-order valence-electron chi connectivity index (χ3n) is 8.14. The number of anilines is 2. The number of rotatable bonds is 12. The van der Waals surface area contributed by atoms with E-state index in [1.54, 1.807) is 19.1 Å². The fourth-order valence-corrected chi connectivity index (χ4v) is 5.67. The largest absolute Gasteiger partial charge is 0.489 e. The summed E-state index contributed by atoms with van der Waals surface area (Å²) in [6, 6.07) is 23.6. The summed E-state index contributed by atoms with van der Waals surface area (Å²) in [5.74, 6) is 1.35. The first-order valence-corrected chi connectivity index (χ1v) is 15.2. The first-order valence-electron chi connectivity index (χ1n) is 15.2. The normalized spacial score (nSPS) is 16.1. The van der Waals surface area contributed by atoms with Crippen LogP contribution in [0.1, 0.15) is 31.7 Å². The Morgan fingerprint density at radius 2 is 1.65 bits per heavy atom. The molecular formula is C33H41N5O5. The number of carbonyl (C=O) groups is 1. The molecule has 2 saturated heterocycles. The third kappa shape index (κ3) is 8.38. The molecule has 2 aliphatic heterocycles. The highest BCUT2D eigenvalue weighted by molar-refractivity contribution is 5.76. The predicted molar refractivity (Wildman–Crippen MR) is 168 cm³/mol. The first kappa shape index (κ1) is 30.2. The van der Waals surface area contributed by atoms with Crippen LogP contribution in [-0.4, -0.2) is 79.1 Å². The van der Waals surface area contributed by atoms with Crippen LogP contribution in [0.25, 0.3) is 0 Å². The highest BCUT2D eigenvalue weighted by atomic mass is 16.6. The van der Waals surface area contributed by atoms with Gasteiger partial charge in [-0.25, -0.2) is 0 Å². The van der Waals surface area contributed by atoms with Crippen molar-refractivity contribution in [1.82, 2.24) is 9.80 Å². The van der Waals surface area contributed by atoms with Gasteiger partial charge in [0.1, 0.15) is 12.4 Å². The minimum atomic E-state index is -0.429. The van der Waals surface area contributed by atoms with Gasteiger partial charge < -0.3 is 24.6 Å². The highest BCUT2D eigenvalue weighted by Gasteiger charge is 2.25. The van der Waals surface area contributed by atoms with E-state index < -0.39 is 4.92 Å². The predicted octanol–water partition coefficient (Wildman–Crippen LogP) is 5.19. The lowest BCUT2D eigenvalue weighted by Gasteiger charge is -2.37. The number of hydrogen-bond donors (Lipinski definition) is 1. The second-order valence-electron chi connectivity index (χ2n) is 11.0. The molecule has 0 radical (unpaired) electrons. The Balaban J connectivity index is 0.997. The van der Waals surface area contributed by atoms with Gasteiger partial charge in [-0.1, -0.05) is 30.3 Å². The van der Waals surface area contributed by atoms with E-state index in [0.29, 0.717) is 32.7 Å². The molecular weight excluding hydrogens is 546 g/mol. The molecule has 3 aromatic carbocycles. The first-order chi connectivity index (χ1) is 21.0. The molecule has 0 aliphatic carbocycles. The molecule has 0 saturated carbocycles. The fraction of sp³-hybridized carbons (Fsp3) is 0.424. The average Bonchev–Trinajstić information content (AvgIpc) is 3.04. The number of hydrogen-bond acceptors (Lipinski definition) is 8. The molecule has 0 spiro atoms. The molecule has 1 N–H and O–H groups in total. The molecule has 0 atom stereocenters. The van der Waals surface area contributed by atoms with E-state index in [4.69, 9.17) is 9.47 Å². The molecule has 228 valence electrons. The number of nitrogens with one attached hydrogen (secondary N) is 1. The Kier molecular flexibility index (Phi) is 10.3. The number of benzene rings is 3. The smallest absolute Gasteiger partial charge is 0.311 e. The molecule has 10 nitrogen and oxygen atoms in total. The Hall–Kier alpha value is -4.31. The van der Waals surface area contributed by atoms with Crippen LogP contribution in [0.2, 0.25) is 0 Å². The van der Waals surface area contributed by atoms with Crippen molar-refractivity contribution >= 4 is 23.0 Å². The van der Waals surface area contributed by atoms with E-state index in [9.17, 15) is 14.9 Å². The Morgan fingerprint density at radius 1 is 0.930 bits per heavy atom. The summed E-state index contributed by atoms with van der Waals surface area (Å²) >= 11 is 0. The number of piperidine rings is 1. The van der Waals surface area contributed by atoms with Gasteiger partial charge >= 0.3 is 5.69 Å². The zero-order chi connectivity index (χ0) is 30.0. The number of piperazine rings is 1. The average molecular weight is 588 g/mol. The summed E-state index contributed by atoms with van der Waals surface area (Å²) in [4.78, 5) is 30.5. The van der Waals surface area contributed by atoms with Crippen molar-refractivity contribution in [2.45, 2.75) is 38.8 Å². The maximum absolute atomic E-state index is 13.0. The summed E-state index contributed by atoms with van der Waals surface area (Å²) in [6.07, 6.45) is 2.20. The van der Waals surface area contributed by atoms with Crippen molar-refractivity contribution in [1.29, 1.82) is 0 Å². The summed E-state index contributed by atoms with van der Waals surface area (Å²) < 4.78 is 11.4. The summed E-state index contributed by atoms with van der Waals surface area (Å²) in [5.41, 5.74) is 3.11.